The zero-order valence-electron chi connectivity index (χ0n) is 16.8. The summed E-state index contributed by atoms with van der Waals surface area (Å²) in [5, 5.41) is 9.92. The molecule has 0 fully saturated rings. The van der Waals surface area contributed by atoms with Gasteiger partial charge in [-0.05, 0) is 43.7 Å². The summed E-state index contributed by atoms with van der Waals surface area (Å²) < 4.78 is 9.87. The zero-order valence-corrected chi connectivity index (χ0v) is 17.6. The van der Waals surface area contributed by atoms with E-state index >= 15 is 0 Å². The van der Waals surface area contributed by atoms with Crippen molar-refractivity contribution in [3.05, 3.63) is 94.2 Å². The van der Waals surface area contributed by atoms with Gasteiger partial charge in [-0.1, -0.05) is 41.9 Å². The van der Waals surface area contributed by atoms with Crippen molar-refractivity contribution in [2.24, 2.45) is 0 Å². The lowest BCUT2D eigenvalue weighted by molar-refractivity contribution is 0.402. The number of hydrogen-bond donors (Lipinski definition) is 0. The van der Waals surface area contributed by atoms with Gasteiger partial charge in [0.1, 0.15) is 12.2 Å². The molecule has 31 heavy (non-hydrogen) atoms. The lowest BCUT2D eigenvalue weighted by atomic mass is 9.84. The molecule has 8 heteroatoms. The molecule has 5 aromatic rings. The first-order valence-corrected chi connectivity index (χ1v) is 10.3. The van der Waals surface area contributed by atoms with Crippen LogP contribution in [0.5, 0.6) is 11.8 Å². The normalized spacial score (nSPS) is 14.9. The summed E-state index contributed by atoms with van der Waals surface area (Å²) in [4.78, 5) is 9.24. The van der Waals surface area contributed by atoms with E-state index in [-0.39, 0.29) is 5.92 Å². The molecule has 1 atom stereocenters. The van der Waals surface area contributed by atoms with E-state index in [0.29, 0.717) is 22.6 Å². The summed E-state index contributed by atoms with van der Waals surface area (Å²) in [6.45, 7) is 3.87. The summed E-state index contributed by atoms with van der Waals surface area (Å²) in [5.74, 6) is 1.70. The first-order valence-electron chi connectivity index (χ1n) is 9.90. The standard InChI is InChI=1S/C23H17ClN6O/c1-13-18-19(15-6-4-3-5-7-15)20-21-26-14(2)28-29(21)12-25-22(20)31-23(18)30(27-13)17-10-8-16(24)9-11-17/h3-12,19H,1-2H3/t19-/m0/s1. The molecule has 1 aliphatic rings. The fourth-order valence-electron chi connectivity index (χ4n) is 4.22. The van der Waals surface area contributed by atoms with Gasteiger partial charge < -0.3 is 4.74 Å². The van der Waals surface area contributed by atoms with Crippen LogP contribution in [-0.2, 0) is 0 Å². The van der Waals surface area contributed by atoms with Crippen LogP contribution in [0.4, 0.5) is 0 Å². The van der Waals surface area contributed by atoms with Crippen molar-refractivity contribution < 1.29 is 4.74 Å². The van der Waals surface area contributed by atoms with Crippen LogP contribution in [0.15, 0.2) is 60.9 Å². The van der Waals surface area contributed by atoms with Crippen molar-refractivity contribution in [3.63, 3.8) is 0 Å². The van der Waals surface area contributed by atoms with E-state index in [1.807, 2.05) is 56.3 Å². The lowest BCUT2D eigenvalue weighted by Gasteiger charge is -2.26. The molecule has 152 valence electrons. The van der Waals surface area contributed by atoms with Gasteiger partial charge in [-0.2, -0.15) is 10.2 Å². The molecule has 0 saturated heterocycles. The number of aromatic nitrogens is 6. The second kappa shape index (κ2) is 6.65. The Balaban J connectivity index is 1.65. The number of ether oxygens (including phenoxy) is 1. The Labute approximate surface area is 182 Å². The van der Waals surface area contributed by atoms with E-state index < -0.39 is 0 Å². The molecule has 0 bridgehead atoms. The maximum Gasteiger partial charge on any atom is 0.230 e. The Hall–Kier alpha value is -3.71. The van der Waals surface area contributed by atoms with Crippen LogP contribution < -0.4 is 4.74 Å². The maximum atomic E-state index is 6.36. The van der Waals surface area contributed by atoms with Crippen LogP contribution in [0, 0.1) is 13.8 Å². The van der Waals surface area contributed by atoms with Crippen LogP contribution >= 0.6 is 11.6 Å². The van der Waals surface area contributed by atoms with Gasteiger partial charge in [-0.25, -0.2) is 19.2 Å². The van der Waals surface area contributed by atoms with E-state index in [1.54, 1.807) is 15.5 Å². The van der Waals surface area contributed by atoms with Gasteiger partial charge in [0.2, 0.25) is 11.8 Å². The number of rotatable bonds is 2. The second-order valence-corrected chi connectivity index (χ2v) is 7.97. The van der Waals surface area contributed by atoms with E-state index in [2.05, 4.69) is 27.2 Å². The molecule has 4 heterocycles. The van der Waals surface area contributed by atoms with Gasteiger partial charge in [0.25, 0.3) is 0 Å². The summed E-state index contributed by atoms with van der Waals surface area (Å²) >= 11 is 6.09. The largest absolute Gasteiger partial charge is 0.420 e. The third-order valence-corrected chi connectivity index (χ3v) is 5.78. The lowest BCUT2D eigenvalue weighted by Crippen LogP contribution is -2.16. The molecule has 0 aliphatic carbocycles. The minimum atomic E-state index is -0.138. The Kier molecular flexibility index (Phi) is 3.88. The highest BCUT2D eigenvalue weighted by molar-refractivity contribution is 6.30. The Bertz CT molecular complexity index is 1440. The minimum Gasteiger partial charge on any atom is -0.420 e. The van der Waals surface area contributed by atoms with Gasteiger partial charge in [-0.15, -0.1) is 0 Å². The van der Waals surface area contributed by atoms with Crippen LogP contribution in [0.2, 0.25) is 5.02 Å². The molecule has 0 radical (unpaired) electrons. The molecular weight excluding hydrogens is 412 g/mol. The van der Waals surface area contributed by atoms with Crippen molar-refractivity contribution in [3.8, 4) is 17.4 Å². The quantitative estimate of drug-likeness (QED) is 0.393. The number of benzene rings is 2. The van der Waals surface area contributed by atoms with Crippen molar-refractivity contribution in [1.29, 1.82) is 0 Å². The topological polar surface area (TPSA) is 70.1 Å². The van der Waals surface area contributed by atoms with E-state index in [9.17, 15) is 0 Å². The summed E-state index contributed by atoms with van der Waals surface area (Å²) in [6, 6.07) is 17.8. The number of aryl methyl sites for hydroxylation is 2. The van der Waals surface area contributed by atoms with Crippen LogP contribution in [0.3, 0.4) is 0 Å². The molecule has 7 nitrogen and oxygen atoms in total. The highest BCUT2D eigenvalue weighted by atomic mass is 35.5. The molecule has 0 spiro atoms. The molecule has 2 aromatic carbocycles. The van der Waals surface area contributed by atoms with E-state index in [1.165, 1.54) is 0 Å². The van der Waals surface area contributed by atoms with Crippen LogP contribution in [-0.4, -0.2) is 29.4 Å². The monoisotopic (exact) mass is 428 g/mol. The average molecular weight is 429 g/mol. The number of halogens is 1. The molecule has 6 rings (SSSR count). The van der Waals surface area contributed by atoms with Gasteiger partial charge >= 0.3 is 0 Å². The predicted octanol–water partition coefficient (Wildman–Crippen LogP) is 4.87. The van der Waals surface area contributed by atoms with Gasteiger partial charge in [0.15, 0.2) is 5.65 Å². The third kappa shape index (κ3) is 2.74. The zero-order chi connectivity index (χ0) is 21.1. The number of nitrogens with zero attached hydrogens (tertiary/aromatic N) is 6. The van der Waals surface area contributed by atoms with Gasteiger partial charge in [-0.3, -0.25) is 0 Å². The molecule has 0 saturated carbocycles. The Morgan fingerprint density at radius 1 is 0.935 bits per heavy atom. The third-order valence-electron chi connectivity index (χ3n) is 5.53. The average Bonchev–Trinajstić information content (AvgIpc) is 3.32. The van der Waals surface area contributed by atoms with Crippen LogP contribution in [0.25, 0.3) is 11.3 Å². The predicted molar refractivity (Wildman–Crippen MR) is 116 cm³/mol. The van der Waals surface area contributed by atoms with Crippen molar-refractivity contribution in [2.45, 2.75) is 19.8 Å². The van der Waals surface area contributed by atoms with E-state index in [4.69, 9.17) is 21.4 Å². The smallest absolute Gasteiger partial charge is 0.230 e. The molecule has 1 aliphatic heterocycles. The first-order chi connectivity index (χ1) is 15.1. The number of hydrogen-bond acceptors (Lipinski definition) is 5. The van der Waals surface area contributed by atoms with E-state index in [0.717, 1.165) is 33.7 Å². The van der Waals surface area contributed by atoms with Crippen molar-refractivity contribution >= 4 is 17.2 Å². The fourth-order valence-corrected chi connectivity index (χ4v) is 4.35. The second-order valence-electron chi connectivity index (χ2n) is 7.53. The summed E-state index contributed by atoms with van der Waals surface area (Å²) in [7, 11) is 0. The molecule has 0 N–H and O–H groups in total. The van der Waals surface area contributed by atoms with Crippen molar-refractivity contribution in [1.82, 2.24) is 29.4 Å². The van der Waals surface area contributed by atoms with Gasteiger partial charge in [0.05, 0.1) is 28.4 Å². The molecule has 3 aromatic heterocycles. The van der Waals surface area contributed by atoms with Gasteiger partial charge in [0, 0.05) is 5.02 Å². The SMILES string of the molecule is Cc1nc2c3c(ncn2n1)Oc1c(c(C)nn1-c1ccc(Cl)cc1)[C@@H]3c1ccccc1. The highest BCUT2D eigenvalue weighted by Gasteiger charge is 2.37. The Morgan fingerprint density at radius 2 is 1.71 bits per heavy atom. The molecular formula is C23H17ClN6O. The molecule has 0 amide bonds. The number of fused-ring (bicyclic) bond motifs is 4. The molecule has 0 unspecified atom stereocenters. The summed E-state index contributed by atoms with van der Waals surface area (Å²) in [6.07, 6.45) is 1.64. The first kappa shape index (κ1) is 18.1. The maximum absolute atomic E-state index is 6.36. The minimum absolute atomic E-state index is 0.138. The van der Waals surface area contributed by atoms with Crippen molar-refractivity contribution in [2.75, 3.05) is 0 Å². The fraction of sp³-hybridized carbons (Fsp3) is 0.130. The summed E-state index contributed by atoms with van der Waals surface area (Å²) in [5.41, 5.74) is 5.47. The Morgan fingerprint density at radius 3 is 2.48 bits per heavy atom. The van der Waals surface area contributed by atoms with Crippen LogP contribution in [0.1, 0.15) is 34.1 Å². The highest BCUT2D eigenvalue weighted by Crippen LogP contribution is 2.49.